The number of carbonyl (C=O) groups is 1. The molecule has 1 N–H and O–H groups in total. The molecule has 0 unspecified atom stereocenters. The lowest BCUT2D eigenvalue weighted by Gasteiger charge is -2.09. The third-order valence-corrected chi connectivity index (χ3v) is 4.59. The number of thiophene rings is 1. The van der Waals surface area contributed by atoms with Gasteiger partial charge in [-0.15, -0.1) is 11.3 Å². The van der Waals surface area contributed by atoms with Gasteiger partial charge in [-0.1, -0.05) is 37.2 Å². The largest absolute Gasteiger partial charge is 0.484 e. The van der Waals surface area contributed by atoms with Gasteiger partial charge in [0.2, 0.25) is 0 Å². The Morgan fingerprint density at radius 1 is 1.28 bits per heavy atom. The molecule has 2 aromatic heterocycles. The summed E-state index contributed by atoms with van der Waals surface area (Å²) in [5.41, 5.74) is 1.92. The molecule has 3 rings (SSSR count). The van der Waals surface area contributed by atoms with Crippen molar-refractivity contribution in [2.24, 2.45) is 0 Å². The zero-order chi connectivity index (χ0) is 17.6. The molecule has 2 heterocycles. The van der Waals surface area contributed by atoms with Crippen molar-refractivity contribution in [1.29, 1.82) is 0 Å². The van der Waals surface area contributed by atoms with Crippen molar-refractivity contribution in [2.75, 3.05) is 6.61 Å². The van der Waals surface area contributed by atoms with Crippen LogP contribution < -0.4 is 10.1 Å². The standard InChI is InChI=1S/C19H20N2O3S/c1-13(2)14-5-7-16(8-6-14)23-12-19(22)20-11-15-10-17(24-21-15)18-4-3-9-25-18/h3-10,13H,11-12H2,1-2H3,(H,20,22). The summed E-state index contributed by atoms with van der Waals surface area (Å²) in [5, 5.41) is 8.72. The Balaban J connectivity index is 1.45. The molecule has 0 fully saturated rings. The number of aromatic nitrogens is 1. The third-order valence-electron chi connectivity index (χ3n) is 3.71. The van der Waals surface area contributed by atoms with E-state index in [-0.39, 0.29) is 12.5 Å². The van der Waals surface area contributed by atoms with Crippen LogP contribution >= 0.6 is 11.3 Å². The number of rotatable bonds is 7. The van der Waals surface area contributed by atoms with E-state index < -0.39 is 0 Å². The zero-order valence-electron chi connectivity index (χ0n) is 14.2. The minimum absolute atomic E-state index is 0.0311. The van der Waals surface area contributed by atoms with Crippen molar-refractivity contribution >= 4 is 17.2 Å². The number of nitrogens with zero attached hydrogens (tertiary/aromatic N) is 1. The van der Waals surface area contributed by atoms with E-state index >= 15 is 0 Å². The van der Waals surface area contributed by atoms with Gasteiger partial charge < -0.3 is 14.6 Å². The number of hydrogen-bond acceptors (Lipinski definition) is 5. The molecule has 0 saturated heterocycles. The molecule has 0 spiro atoms. The van der Waals surface area contributed by atoms with Crippen molar-refractivity contribution < 1.29 is 14.1 Å². The number of benzene rings is 1. The second kappa shape index (κ2) is 7.98. The van der Waals surface area contributed by atoms with Gasteiger partial charge in [-0.2, -0.15) is 0 Å². The molecule has 3 aromatic rings. The van der Waals surface area contributed by atoms with Crippen molar-refractivity contribution in [3.63, 3.8) is 0 Å². The Kier molecular flexibility index (Phi) is 5.50. The van der Waals surface area contributed by atoms with Gasteiger partial charge in [0, 0.05) is 6.07 Å². The maximum absolute atomic E-state index is 11.9. The Bertz CT molecular complexity index is 808. The van der Waals surface area contributed by atoms with Crippen LogP contribution in [0.4, 0.5) is 0 Å². The second-order valence-electron chi connectivity index (χ2n) is 5.95. The molecular weight excluding hydrogens is 336 g/mol. The number of ether oxygens (including phenoxy) is 1. The van der Waals surface area contributed by atoms with Gasteiger partial charge in [0.1, 0.15) is 11.4 Å². The van der Waals surface area contributed by atoms with Crippen LogP contribution in [-0.2, 0) is 11.3 Å². The fourth-order valence-electron chi connectivity index (χ4n) is 2.27. The molecule has 5 nitrogen and oxygen atoms in total. The highest BCUT2D eigenvalue weighted by Crippen LogP contribution is 2.25. The first-order valence-corrected chi connectivity index (χ1v) is 8.98. The lowest BCUT2D eigenvalue weighted by molar-refractivity contribution is -0.123. The highest BCUT2D eigenvalue weighted by Gasteiger charge is 2.09. The molecular formula is C19H20N2O3S. The average Bonchev–Trinajstić information content (AvgIpc) is 3.29. The van der Waals surface area contributed by atoms with Crippen LogP contribution in [0.15, 0.2) is 52.4 Å². The van der Waals surface area contributed by atoms with Crippen LogP contribution in [0, 0.1) is 0 Å². The molecule has 6 heteroatoms. The van der Waals surface area contributed by atoms with Crippen LogP contribution in [0.3, 0.4) is 0 Å². The minimum Gasteiger partial charge on any atom is -0.484 e. The van der Waals surface area contributed by atoms with Crippen LogP contribution in [0.1, 0.15) is 31.0 Å². The number of nitrogens with one attached hydrogen (secondary N) is 1. The first-order chi connectivity index (χ1) is 12.1. The van der Waals surface area contributed by atoms with Crippen molar-refractivity contribution in [3.8, 4) is 16.4 Å². The summed E-state index contributed by atoms with van der Waals surface area (Å²) < 4.78 is 10.8. The van der Waals surface area contributed by atoms with Gasteiger partial charge in [-0.05, 0) is 35.1 Å². The Labute approximate surface area is 150 Å². The minimum atomic E-state index is -0.200. The van der Waals surface area contributed by atoms with Crippen molar-refractivity contribution in [1.82, 2.24) is 10.5 Å². The van der Waals surface area contributed by atoms with Crippen molar-refractivity contribution in [2.45, 2.75) is 26.3 Å². The number of carbonyl (C=O) groups excluding carboxylic acids is 1. The van der Waals surface area contributed by atoms with Crippen molar-refractivity contribution in [3.05, 3.63) is 59.1 Å². The summed E-state index contributed by atoms with van der Waals surface area (Å²) in [7, 11) is 0. The fourth-order valence-corrected chi connectivity index (χ4v) is 2.94. The molecule has 0 aliphatic rings. The summed E-state index contributed by atoms with van der Waals surface area (Å²) in [6.07, 6.45) is 0. The van der Waals surface area contributed by atoms with Gasteiger partial charge in [0.15, 0.2) is 12.4 Å². The van der Waals surface area contributed by atoms with Gasteiger partial charge in [-0.3, -0.25) is 4.79 Å². The third kappa shape index (κ3) is 4.70. The van der Waals surface area contributed by atoms with E-state index in [0.29, 0.717) is 29.7 Å². The second-order valence-corrected chi connectivity index (χ2v) is 6.90. The molecule has 1 amide bonds. The number of hydrogen-bond donors (Lipinski definition) is 1. The Morgan fingerprint density at radius 2 is 2.08 bits per heavy atom. The van der Waals surface area contributed by atoms with E-state index in [0.717, 1.165) is 4.88 Å². The molecule has 0 saturated carbocycles. The zero-order valence-corrected chi connectivity index (χ0v) is 15.0. The first-order valence-electron chi connectivity index (χ1n) is 8.11. The fraction of sp³-hybridized carbons (Fsp3) is 0.263. The smallest absolute Gasteiger partial charge is 0.258 e. The van der Waals surface area contributed by atoms with Crippen LogP contribution in [-0.4, -0.2) is 17.7 Å². The molecule has 130 valence electrons. The highest BCUT2D eigenvalue weighted by atomic mass is 32.1. The van der Waals surface area contributed by atoms with E-state index in [4.69, 9.17) is 9.26 Å². The molecule has 25 heavy (non-hydrogen) atoms. The topological polar surface area (TPSA) is 64.4 Å². The quantitative estimate of drug-likeness (QED) is 0.688. The summed E-state index contributed by atoms with van der Waals surface area (Å²) in [6.45, 7) is 4.55. The maximum atomic E-state index is 11.9. The van der Waals surface area contributed by atoms with E-state index in [2.05, 4.69) is 24.3 Å². The first kappa shape index (κ1) is 17.2. The van der Waals surface area contributed by atoms with Crippen LogP contribution in [0.2, 0.25) is 0 Å². The summed E-state index contributed by atoms with van der Waals surface area (Å²) in [5.74, 6) is 1.66. The molecule has 0 radical (unpaired) electrons. The summed E-state index contributed by atoms with van der Waals surface area (Å²) in [4.78, 5) is 12.9. The van der Waals surface area contributed by atoms with Gasteiger partial charge in [-0.25, -0.2) is 0 Å². The Morgan fingerprint density at radius 3 is 2.76 bits per heavy atom. The molecule has 0 bridgehead atoms. The van der Waals surface area contributed by atoms with Gasteiger partial charge in [0.05, 0.1) is 11.4 Å². The summed E-state index contributed by atoms with van der Waals surface area (Å²) in [6, 6.07) is 13.5. The molecule has 0 aliphatic heterocycles. The maximum Gasteiger partial charge on any atom is 0.258 e. The normalized spacial score (nSPS) is 10.8. The summed E-state index contributed by atoms with van der Waals surface area (Å²) >= 11 is 1.58. The SMILES string of the molecule is CC(C)c1ccc(OCC(=O)NCc2cc(-c3cccs3)on2)cc1. The van der Waals surface area contributed by atoms with E-state index in [1.54, 1.807) is 11.3 Å². The monoisotopic (exact) mass is 356 g/mol. The molecule has 0 aliphatic carbocycles. The molecule has 0 atom stereocenters. The number of amides is 1. The molecule has 1 aromatic carbocycles. The lowest BCUT2D eigenvalue weighted by Crippen LogP contribution is -2.28. The van der Waals surface area contributed by atoms with Gasteiger partial charge in [0.25, 0.3) is 5.91 Å². The van der Waals surface area contributed by atoms with Crippen LogP contribution in [0.25, 0.3) is 10.6 Å². The van der Waals surface area contributed by atoms with E-state index in [9.17, 15) is 4.79 Å². The van der Waals surface area contributed by atoms with Crippen LogP contribution in [0.5, 0.6) is 5.75 Å². The van der Waals surface area contributed by atoms with E-state index in [1.165, 1.54) is 5.56 Å². The predicted molar refractivity (Wildman–Crippen MR) is 97.7 cm³/mol. The van der Waals surface area contributed by atoms with Gasteiger partial charge >= 0.3 is 0 Å². The van der Waals surface area contributed by atoms with E-state index in [1.807, 2.05) is 47.8 Å². The predicted octanol–water partition coefficient (Wildman–Crippen LogP) is 4.22. The lowest BCUT2D eigenvalue weighted by atomic mass is 10.0. The highest BCUT2D eigenvalue weighted by molar-refractivity contribution is 7.13. The Hall–Kier alpha value is -2.60. The average molecular weight is 356 g/mol.